The molecule has 3 rings (SSSR count). The Morgan fingerprint density at radius 2 is 1.91 bits per heavy atom. The Labute approximate surface area is 132 Å². The molecule has 0 atom stereocenters. The van der Waals surface area contributed by atoms with Gasteiger partial charge in [-0.05, 0) is 43.7 Å². The summed E-state index contributed by atoms with van der Waals surface area (Å²) < 4.78 is 7.31. The van der Waals surface area contributed by atoms with Crippen molar-refractivity contribution in [1.82, 2.24) is 14.5 Å². The van der Waals surface area contributed by atoms with Crippen molar-refractivity contribution < 1.29 is 4.74 Å². The average Bonchev–Trinajstić information content (AvgIpc) is 2.97. The van der Waals surface area contributed by atoms with Crippen LogP contribution in [0.15, 0.2) is 42.4 Å². The first kappa shape index (κ1) is 14.9. The van der Waals surface area contributed by atoms with E-state index in [1.807, 2.05) is 18.5 Å². The molecule has 0 amide bonds. The predicted molar refractivity (Wildman–Crippen MR) is 89.0 cm³/mol. The lowest BCUT2D eigenvalue weighted by Gasteiger charge is -2.23. The molecule has 1 aromatic heterocycles. The molecule has 2 heterocycles. The summed E-state index contributed by atoms with van der Waals surface area (Å²) in [4.78, 5) is 6.88. The van der Waals surface area contributed by atoms with Gasteiger partial charge in [-0.3, -0.25) is 0 Å². The van der Waals surface area contributed by atoms with E-state index in [1.165, 1.54) is 11.1 Å². The second-order valence-corrected chi connectivity index (χ2v) is 5.92. The van der Waals surface area contributed by atoms with Crippen molar-refractivity contribution in [2.75, 3.05) is 27.2 Å². The van der Waals surface area contributed by atoms with E-state index in [0.717, 1.165) is 43.9 Å². The zero-order valence-electron chi connectivity index (χ0n) is 13.3. The van der Waals surface area contributed by atoms with Gasteiger partial charge in [0, 0.05) is 25.8 Å². The third-order valence-corrected chi connectivity index (χ3v) is 4.16. The molecule has 1 aliphatic rings. The number of hydrogen-bond acceptors (Lipinski definition) is 3. The minimum atomic E-state index is 0.836. The van der Waals surface area contributed by atoms with Crippen LogP contribution in [0.3, 0.4) is 0 Å². The Morgan fingerprint density at radius 1 is 1.18 bits per heavy atom. The number of rotatable bonds is 4. The predicted octanol–water partition coefficient (Wildman–Crippen LogP) is 3.05. The second kappa shape index (κ2) is 6.79. The summed E-state index contributed by atoms with van der Waals surface area (Å²) >= 11 is 0. The van der Waals surface area contributed by atoms with Gasteiger partial charge in [0.2, 0.25) is 0 Å². The Morgan fingerprint density at radius 3 is 2.59 bits per heavy atom. The maximum atomic E-state index is 5.19. The third kappa shape index (κ3) is 3.77. The molecule has 1 fully saturated rings. The summed E-state index contributed by atoms with van der Waals surface area (Å²) in [6.45, 7) is 3.14. The highest BCUT2D eigenvalue weighted by Gasteiger charge is 2.10. The van der Waals surface area contributed by atoms with Crippen LogP contribution in [0, 0.1) is 0 Å². The topological polar surface area (TPSA) is 30.3 Å². The monoisotopic (exact) mass is 297 g/mol. The van der Waals surface area contributed by atoms with E-state index in [2.05, 4.69) is 45.9 Å². The first-order chi connectivity index (χ1) is 10.7. The number of piperidine rings is 1. The number of likely N-dealkylation sites (tertiary alicyclic amines) is 1. The summed E-state index contributed by atoms with van der Waals surface area (Å²) in [5.74, 6) is 0.891. The van der Waals surface area contributed by atoms with Crippen LogP contribution in [0.2, 0.25) is 0 Å². The Bertz CT molecular complexity index is 633. The normalized spacial score (nSPS) is 15.8. The van der Waals surface area contributed by atoms with E-state index >= 15 is 0 Å². The molecule has 1 aliphatic heterocycles. The number of benzene rings is 1. The van der Waals surface area contributed by atoms with Crippen LogP contribution in [0.1, 0.15) is 24.1 Å². The van der Waals surface area contributed by atoms with E-state index in [9.17, 15) is 0 Å². The van der Waals surface area contributed by atoms with Crippen molar-refractivity contribution >= 4 is 6.08 Å². The van der Waals surface area contributed by atoms with Gasteiger partial charge in [-0.1, -0.05) is 17.7 Å². The van der Waals surface area contributed by atoms with E-state index in [-0.39, 0.29) is 0 Å². The molecule has 0 saturated carbocycles. The molecule has 0 N–H and O–H groups in total. The first-order valence-corrected chi connectivity index (χ1v) is 7.75. The maximum Gasteiger partial charge on any atom is 0.118 e. The van der Waals surface area contributed by atoms with Crippen LogP contribution < -0.4 is 4.74 Å². The Kier molecular flexibility index (Phi) is 4.59. The zero-order valence-corrected chi connectivity index (χ0v) is 13.3. The Hall–Kier alpha value is -2.07. The number of methoxy groups -OCH3 is 1. The summed E-state index contributed by atoms with van der Waals surface area (Å²) in [7, 11) is 3.87. The quantitative estimate of drug-likeness (QED) is 0.869. The van der Waals surface area contributed by atoms with Gasteiger partial charge in [0.25, 0.3) is 0 Å². The minimum Gasteiger partial charge on any atom is -0.497 e. The molecule has 4 nitrogen and oxygen atoms in total. The number of nitrogens with zero attached hydrogens (tertiary/aromatic N) is 3. The summed E-state index contributed by atoms with van der Waals surface area (Å²) in [6, 6.07) is 8.17. The van der Waals surface area contributed by atoms with Crippen molar-refractivity contribution in [2.24, 2.45) is 0 Å². The summed E-state index contributed by atoms with van der Waals surface area (Å²) in [6.07, 6.45) is 8.59. The van der Waals surface area contributed by atoms with Gasteiger partial charge in [-0.2, -0.15) is 0 Å². The standard InChI is InChI=1S/C18H23N3O/c1-20-9-7-15(8-10-20)11-17-13-21(14-19-17)12-16-3-5-18(22-2)6-4-16/h3-6,11,13-14H,7-10,12H2,1-2H3. The van der Waals surface area contributed by atoms with Crippen molar-refractivity contribution in [3.8, 4) is 5.75 Å². The molecule has 116 valence electrons. The molecule has 0 bridgehead atoms. The molecule has 4 heteroatoms. The number of hydrogen-bond donors (Lipinski definition) is 0. The molecule has 0 aliphatic carbocycles. The molecular formula is C18H23N3O. The van der Waals surface area contributed by atoms with Crippen molar-refractivity contribution in [1.29, 1.82) is 0 Å². The molecule has 0 unspecified atom stereocenters. The smallest absolute Gasteiger partial charge is 0.118 e. The molecule has 1 aromatic carbocycles. The third-order valence-electron chi connectivity index (χ3n) is 4.16. The molecule has 2 aromatic rings. The van der Waals surface area contributed by atoms with Gasteiger partial charge in [-0.25, -0.2) is 4.98 Å². The van der Waals surface area contributed by atoms with Gasteiger partial charge in [0.05, 0.1) is 19.1 Å². The van der Waals surface area contributed by atoms with Crippen molar-refractivity contribution in [3.63, 3.8) is 0 Å². The Balaban J connectivity index is 1.64. The fourth-order valence-corrected chi connectivity index (χ4v) is 2.74. The van der Waals surface area contributed by atoms with Gasteiger partial charge in [0.1, 0.15) is 5.75 Å². The summed E-state index contributed by atoms with van der Waals surface area (Å²) in [5, 5.41) is 0. The van der Waals surface area contributed by atoms with Crippen LogP contribution in [-0.4, -0.2) is 41.7 Å². The SMILES string of the molecule is COc1ccc(Cn2cnc(C=C3CCN(C)CC3)c2)cc1. The highest BCUT2D eigenvalue weighted by atomic mass is 16.5. The highest BCUT2D eigenvalue weighted by Crippen LogP contribution is 2.18. The van der Waals surface area contributed by atoms with Crippen LogP contribution in [0.25, 0.3) is 6.08 Å². The van der Waals surface area contributed by atoms with Crippen molar-refractivity contribution in [3.05, 3.63) is 53.6 Å². The molecular weight excluding hydrogens is 274 g/mol. The zero-order chi connectivity index (χ0) is 15.4. The summed E-state index contributed by atoms with van der Waals surface area (Å²) in [5.41, 5.74) is 3.82. The lowest BCUT2D eigenvalue weighted by Crippen LogP contribution is -2.26. The maximum absolute atomic E-state index is 5.19. The lowest BCUT2D eigenvalue weighted by atomic mass is 10.0. The number of ether oxygens (including phenoxy) is 1. The molecule has 22 heavy (non-hydrogen) atoms. The molecule has 0 spiro atoms. The number of imidazole rings is 1. The highest BCUT2D eigenvalue weighted by molar-refractivity contribution is 5.48. The molecule has 1 saturated heterocycles. The minimum absolute atomic E-state index is 0.836. The van der Waals surface area contributed by atoms with Crippen LogP contribution >= 0.6 is 0 Å². The van der Waals surface area contributed by atoms with Gasteiger partial charge in [0.15, 0.2) is 0 Å². The van der Waals surface area contributed by atoms with E-state index in [1.54, 1.807) is 7.11 Å². The van der Waals surface area contributed by atoms with Gasteiger partial charge >= 0.3 is 0 Å². The van der Waals surface area contributed by atoms with E-state index in [4.69, 9.17) is 4.74 Å². The van der Waals surface area contributed by atoms with E-state index in [0.29, 0.717) is 0 Å². The molecule has 0 radical (unpaired) electrons. The van der Waals surface area contributed by atoms with Crippen LogP contribution in [-0.2, 0) is 6.54 Å². The average molecular weight is 297 g/mol. The fourth-order valence-electron chi connectivity index (χ4n) is 2.74. The first-order valence-electron chi connectivity index (χ1n) is 7.75. The lowest BCUT2D eigenvalue weighted by molar-refractivity contribution is 0.313. The van der Waals surface area contributed by atoms with Crippen molar-refractivity contribution in [2.45, 2.75) is 19.4 Å². The largest absolute Gasteiger partial charge is 0.497 e. The van der Waals surface area contributed by atoms with Crippen LogP contribution in [0.5, 0.6) is 5.75 Å². The number of aromatic nitrogens is 2. The fraction of sp³-hybridized carbons (Fsp3) is 0.389. The van der Waals surface area contributed by atoms with Gasteiger partial charge < -0.3 is 14.2 Å². The van der Waals surface area contributed by atoms with Crippen LogP contribution in [0.4, 0.5) is 0 Å². The second-order valence-electron chi connectivity index (χ2n) is 5.92. The van der Waals surface area contributed by atoms with E-state index < -0.39 is 0 Å². The van der Waals surface area contributed by atoms with Gasteiger partial charge in [-0.15, -0.1) is 0 Å².